The molecule has 0 amide bonds. The molecule has 1 aliphatic carbocycles. The summed E-state index contributed by atoms with van der Waals surface area (Å²) in [4.78, 5) is 0. The Bertz CT molecular complexity index is 624. The summed E-state index contributed by atoms with van der Waals surface area (Å²) in [6.45, 7) is 2.11. The number of halogens is 1. The topological polar surface area (TPSA) is 38.0 Å². The van der Waals surface area contributed by atoms with Gasteiger partial charge in [-0.05, 0) is 48.4 Å². The summed E-state index contributed by atoms with van der Waals surface area (Å²) >= 11 is 3.64. The Hall–Kier alpha value is -1.16. The monoisotopic (exact) mass is 330 g/mol. The molecule has 3 heteroatoms. The maximum absolute atomic E-state index is 5.80. The van der Waals surface area contributed by atoms with Crippen molar-refractivity contribution >= 4 is 15.9 Å². The third kappa shape index (κ3) is 2.53. The van der Waals surface area contributed by atoms with E-state index in [1.54, 1.807) is 0 Å². The minimum Gasteiger partial charge on any atom is -0.271 e. The maximum atomic E-state index is 5.80. The molecule has 1 aliphatic rings. The third-order valence-electron chi connectivity index (χ3n) is 4.21. The highest BCUT2D eigenvalue weighted by Crippen LogP contribution is 2.41. The lowest BCUT2D eigenvalue weighted by atomic mass is 9.74. The van der Waals surface area contributed by atoms with Crippen LogP contribution in [0.1, 0.15) is 40.6 Å². The number of fused-ring (bicyclic) bond motifs is 1. The van der Waals surface area contributed by atoms with Crippen molar-refractivity contribution in [2.75, 3.05) is 0 Å². The first-order chi connectivity index (χ1) is 9.69. The van der Waals surface area contributed by atoms with Crippen LogP contribution in [0.15, 0.2) is 46.9 Å². The van der Waals surface area contributed by atoms with E-state index in [0.717, 1.165) is 17.3 Å². The number of rotatable bonds is 4. The molecular weight excluding hydrogens is 312 g/mol. The van der Waals surface area contributed by atoms with Gasteiger partial charge in [-0.3, -0.25) is 11.3 Å². The Morgan fingerprint density at radius 3 is 2.85 bits per heavy atom. The van der Waals surface area contributed by atoms with E-state index in [4.69, 9.17) is 5.84 Å². The largest absolute Gasteiger partial charge is 0.271 e. The minimum absolute atomic E-state index is 0.183. The van der Waals surface area contributed by atoms with Gasteiger partial charge in [-0.1, -0.05) is 57.9 Å². The molecule has 0 aromatic heterocycles. The number of hydrazine groups is 1. The van der Waals surface area contributed by atoms with Crippen molar-refractivity contribution < 1.29 is 0 Å². The van der Waals surface area contributed by atoms with E-state index in [1.165, 1.54) is 22.3 Å². The van der Waals surface area contributed by atoms with Crippen molar-refractivity contribution in [3.63, 3.8) is 0 Å². The molecule has 0 radical (unpaired) electrons. The number of hydrogen-bond donors (Lipinski definition) is 2. The van der Waals surface area contributed by atoms with Crippen molar-refractivity contribution in [3.05, 3.63) is 69.2 Å². The Morgan fingerprint density at radius 1 is 1.30 bits per heavy atom. The molecule has 0 saturated heterocycles. The average molecular weight is 331 g/mol. The van der Waals surface area contributed by atoms with Crippen LogP contribution in [0.4, 0.5) is 0 Å². The molecule has 20 heavy (non-hydrogen) atoms. The Labute approximate surface area is 128 Å². The van der Waals surface area contributed by atoms with Gasteiger partial charge in [0.15, 0.2) is 0 Å². The fraction of sp³-hybridized carbons (Fsp3) is 0.294. The summed E-state index contributed by atoms with van der Waals surface area (Å²) in [6, 6.07) is 15.3. The molecule has 0 saturated carbocycles. The molecule has 3 rings (SSSR count). The zero-order chi connectivity index (χ0) is 14.1. The van der Waals surface area contributed by atoms with Crippen molar-refractivity contribution in [3.8, 4) is 0 Å². The van der Waals surface area contributed by atoms with Crippen LogP contribution in [0.3, 0.4) is 0 Å². The summed E-state index contributed by atoms with van der Waals surface area (Å²) in [5.74, 6) is 6.41. The predicted molar refractivity (Wildman–Crippen MR) is 86.4 cm³/mol. The first-order valence-electron chi connectivity index (χ1n) is 6.99. The maximum Gasteiger partial charge on any atom is 0.0477 e. The van der Waals surface area contributed by atoms with Crippen LogP contribution in [0.2, 0.25) is 0 Å². The molecule has 2 aromatic rings. The summed E-state index contributed by atoms with van der Waals surface area (Å²) in [6.07, 6.45) is 2.20. The molecule has 2 aromatic carbocycles. The molecule has 2 unspecified atom stereocenters. The summed E-state index contributed by atoms with van der Waals surface area (Å²) in [5, 5.41) is 0. The molecule has 0 spiro atoms. The summed E-state index contributed by atoms with van der Waals surface area (Å²) in [7, 11) is 0. The highest BCUT2D eigenvalue weighted by molar-refractivity contribution is 9.10. The van der Waals surface area contributed by atoms with E-state index in [9.17, 15) is 0 Å². The second kappa shape index (κ2) is 5.68. The molecule has 0 heterocycles. The average Bonchev–Trinajstić information content (AvgIpc) is 2.43. The van der Waals surface area contributed by atoms with E-state index in [0.29, 0.717) is 5.92 Å². The van der Waals surface area contributed by atoms with Crippen LogP contribution in [0.5, 0.6) is 0 Å². The van der Waals surface area contributed by atoms with Crippen LogP contribution in [-0.4, -0.2) is 0 Å². The Kier molecular flexibility index (Phi) is 3.92. The SMILES string of the molecule is Cc1ccc(Br)c(C(CC2Cc3ccccc32)NN)c1. The Balaban J connectivity index is 1.80. The lowest BCUT2D eigenvalue weighted by molar-refractivity contribution is 0.434. The first-order valence-corrected chi connectivity index (χ1v) is 7.78. The molecule has 0 aliphatic heterocycles. The highest BCUT2D eigenvalue weighted by atomic mass is 79.9. The minimum atomic E-state index is 0.183. The van der Waals surface area contributed by atoms with Gasteiger partial charge in [0.05, 0.1) is 0 Å². The van der Waals surface area contributed by atoms with E-state index in [1.807, 2.05) is 0 Å². The third-order valence-corrected chi connectivity index (χ3v) is 4.93. The van der Waals surface area contributed by atoms with Crippen molar-refractivity contribution in [2.24, 2.45) is 5.84 Å². The van der Waals surface area contributed by atoms with E-state index in [-0.39, 0.29) is 6.04 Å². The normalized spacial score (nSPS) is 18.2. The smallest absolute Gasteiger partial charge is 0.0477 e. The van der Waals surface area contributed by atoms with Crippen molar-refractivity contribution in [1.82, 2.24) is 5.43 Å². The first kappa shape index (κ1) is 13.8. The van der Waals surface area contributed by atoms with Gasteiger partial charge >= 0.3 is 0 Å². The molecule has 2 nitrogen and oxygen atoms in total. The molecule has 2 atom stereocenters. The molecule has 0 fully saturated rings. The number of benzene rings is 2. The molecule has 0 bridgehead atoms. The molecule has 104 valence electrons. The van der Waals surface area contributed by atoms with Gasteiger partial charge in [-0.2, -0.15) is 0 Å². The zero-order valence-corrected chi connectivity index (χ0v) is 13.2. The van der Waals surface area contributed by atoms with Crippen LogP contribution >= 0.6 is 15.9 Å². The van der Waals surface area contributed by atoms with Gasteiger partial charge in [0, 0.05) is 10.5 Å². The van der Waals surface area contributed by atoms with Gasteiger partial charge < -0.3 is 0 Å². The zero-order valence-electron chi connectivity index (χ0n) is 11.6. The van der Waals surface area contributed by atoms with Crippen LogP contribution < -0.4 is 11.3 Å². The molecule has 3 N–H and O–H groups in total. The lowest BCUT2D eigenvalue weighted by Gasteiger charge is -2.33. The second-order valence-corrected chi connectivity index (χ2v) is 6.43. The number of aryl methyl sites for hydroxylation is 1. The quantitative estimate of drug-likeness (QED) is 0.657. The van der Waals surface area contributed by atoms with Gasteiger partial charge in [0.25, 0.3) is 0 Å². The van der Waals surface area contributed by atoms with Crippen LogP contribution in [0.25, 0.3) is 0 Å². The fourth-order valence-electron chi connectivity index (χ4n) is 3.07. The van der Waals surface area contributed by atoms with Gasteiger partial charge in [-0.15, -0.1) is 0 Å². The van der Waals surface area contributed by atoms with Crippen molar-refractivity contribution in [1.29, 1.82) is 0 Å². The van der Waals surface area contributed by atoms with Crippen LogP contribution in [-0.2, 0) is 6.42 Å². The summed E-state index contributed by atoms with van der Waals surface area (Å²) in [5.41, 5.74) is 8.46. The fourth-order valence-corrected chi connectivity index (χ4v) is 3.60. The summed E-state index contributed by atoms with van der Waals surface area (Å²) < 4.78 is 1.12. The van der Waals surface area contributed by atoms with Gasteiger partial charge in [0.1, 0.15) is 0 Å². The predicted octanol–water partition coefficient (Wildman–Crippen LogP) is 3.99. The van der Waals surface area contributed by atoms with E-state index >= 15 is 0 Å². The standard InChI is InChI=1S/C17H19BrN2/c1-11-6-7-16(18)15(8-11)17(20-19)10-13-9-12-4-2-3-5-14(12)13/h2-8,13,17,20H,9-10,19H2,1H3. The number of hydrogen-bond acceptors (Lipinski definition) is 2. The van der Waals surface area contributed by atoms with Crippen LogP contribution in [0, 0.1) is 6.92 Å². The number of nitrogens with two attached hydrogens (primary N) is 1. The lowest BCUT2D eigenvalue weighted by Crippen LogP contribution is -2.31. The van der Waals surface area contributed by atoms with Gasteiger partial charge in [-0.25, -0.2) is 0 Å². The van der Waals surface area contributed by atoms with E-state index in [2.05, 4.69) is 70.7 Å². The second-order valence-electron chi connectivity index (χ2n) is 5.58. The highest BCUT2D eigenvalue weighted by Gasteiger charge is 2.28. The van der Waals surface area contributed by atoms with E-state index < -0.39 is 0 Å². The van der Waals surface area contributed by atoms with Gasteiger partial charge in [0.2, 0.25) is 0 Å². The molecular formula is C17H19BrN2. The Morgan fingerprint density at radius 2 is 2.10 bits per heavy atom. The van der Waals surface area contributed by atoms with Crippen molar-refractivity contribution in [2.45, 2.75) is 31.7 Å². The number of nitrogens with one attached hydrogen (secondary N) is 1.